The van der Waals surface area contributed by atoms with Gasteiger partial charge in [0.2, 0.25) is 0 Å². The highest BCUT2D eigenvalue weighted by molar-refractivity contribution is 6.31. The summed E-state index contributed by atoms with van der Waals surface area (Å²) in [6, 6.07) is 2.40. The molecule has 1 aromatic heterocycles. The Kier molecular flexibility index (Phi) is 5.42. The summed E-state index contributed by atoms with van der Waals surface area (Å²) in [7, 11) is 2.05. The van der Waals surface area contributed by atoms with Crippen LogP contribution < -0.4 is 5.32 Å². The molecule has 0 radical (unpaired) electrons. The molecule has 1 fully saturated rings. The molecule has 4 heteroatoms. The summed E-state index contributed by atoms with van der Waals surface area (Å²) in [6.07, 6.45) is 8.49. The van der Waals surface area contributed by atoms with Crippen molar-refractivity contribution < 1.29 is 0 Å². The molecule has 1 saturated heterocycles. The second kappa shape index (κ2) is 6.88. The van der Waals surface area contributed by atoms with Crippen molar-refractivity contribution in [2.75, 3.05) is 20.1 Å². The number of pyridine rings is 1. The zero-order valence-corrected chi connectivity index (χ0v) is 13.6. The van der Waals surface area contributed by atoms with Gasteiger partial charge in [-0.05, 0) is 64.9 Å². The number of likely N-dealkylation sites (tertiary alicyclic amines) is 1. The molecule has 0 spiro atoms. The van der Waals surface area contributed by atoms with E-state index in [0.29, 0.717) is 6.04 Å². The van der Waals surface area contributed by atoms with E-state index < -0.39 is 0 Å². The molecule has 2 heterocycles. The maximum Gasteiger partial charge on any atom is 0.0621 e. The van der Waals surface area contributed by atoms with Gasteiger partial charge in [-0.25, -0.2) is 0 Å². The Morgan fingerprint density at radius 3 is 2.65 bits per heavy atom. The summed E-state index contributed by atoms with van der Waals surface area (Å²) in [5.41, 5.74) is 1.30. The van der Waals surface area contributed by atoms with Crippen molar-refractivity contribution in [3.8, 4) is 0 Å². The zero-order valence-electron chi connectivity index (χ0n) is 12.8. The van der Waals surface area contributed by atoms with Crippen LogP contribution in [-0.2, 0) is 6.42 Å². The van der Waals surface area contributed by atoms with Gasteiger partial charge in [0.15, 0.2) is 0 Å². The normalized spacial score (nSPS) is 19.0. The number of nitrogens with zero attached hydrogens (tertiary/aromatic N) is 2. The topological polar surface area (TPSA) is 28.2 Å². The first-order chi connectivity index (χ1) is 9.55. The molecule has 20 heavy (non-hydrogen) atoms. The standard InChI is InChI=1S/C16H26ClN3/c1-16(2,20-9-5-4-6-10-20)15(18-3)11-13-7-8-19-12-14(13)17/h7-8,12,15,18H,4-6,9-11H2,1-3H3. The van der Waals surface area contributed by atoms with E-state index in [-0.39, 0.29) is 5.54 Å². The third-order valence-corrected chi connectivity index (χ3v) is 4.99. The lowest BCUT2D eigenvalue weighted by molar-refractivity contribution is 0.0635. The minimum atomic E-state index is 0.127. The third kappa shape index (κ3) is 3.51. The monoisotopic (exact) mass is 295 g/mol. The number of aromatic nitrogens is 1. The molecule has 0 aliphatic carbocycles. The van der Waals surface area contributed by atoms with Gasteiger partial charge >= 0.3 is 0 Å². The van der Waals surface area contributed by atoms with Gasteiger partial charge < -0.3 is 5.32 Å². The Hall–Kier alpha value is -0.640. The predicted molar refractivity (Wildman–Crippen MR) is 85.3 cm³/mol. The molecule has 1 aliphatic heterocycles. The number of hydrogen-bond acceptors (Lipinski definition) is 3. The van der Waals surface area contributed by atoms with Gasteiger partial charge in [-0.2, -0.15) is 0 Å². The molecular weight excluding hydrogens is 270 g/mol. The number of piperidine rings is 1. The number of halogens is 1. The van der Waals surface area contributed by atoms with Crippen LogP contribution in [0.15, 0.2) is 18.5 Å². The van der Waals surface area contributed by atoms with Crippen LogP contribution in [0.5, 0.6) is 0 Å². The first-order valence-electron chi connectivity index (χ1n) is 7.56. The lowest BCUT2D eigenvalue weighted by Gasteiger charge is -2.46. The Bertz CT molecular complexity index is 427. The van der Waals surface area contributed by atoms with Gasteiger partial charge in [-0.3, -0.25) is 9.88 Å². The van der Waals surface area contributed by atoms with E-state index in [4.69, 9.17) is 11.6 Å². The fourth-order valence-corrected chi connectivity index (χ4v) is 3.38. The van der Waals surface area contributed by atoms with E-state index in [9.17, 15) is 0 Å². The van der Waals surface area contributed by atoms with Gasteiger partial charge in [0.25, 0.3) is 0 Å². The summed E-state index contributed by atoms with van der Waals surface area (Å²) >= 11 is 6.26. The van der Waals surface area contributed by atoms with Gasteiger partial charge in [0.05, 0.1) is 5.02 Å². The molecule has 0 saturated carbocycles. The number of rotatable bonds is 5. The summed E-state index contributed by atoms with van der Waals surface area (Å²) in [6.45, 7) is 7.09. The lowest BCUT2D eigenvalue weighted by Crippen LogP contribution is -2.59. The van der Waals surface area contributed by atoms with Gasteiger partial charge in [-0.1, -0.05) is 18.0 Å². The molecule has 1 atom stereocenters. The first-order valence-corrected chi connectivity index (χ1v) is 7.94. The van der Waals surface area contributed by atoms with Crippen molar-refractivity contribution in [2.45, 2.75) is 51.1 Å². The molecule has 112 valence electrons. The minimum Gasteiger partial charge on any atom is -0.315 e. The smallest absolute Gasteiger partial charge is 0.0621 e. The van der Waals surface area contributed by atoms with Crippen molar-refractivity contribution in [3.05, 3.63) is 29.0 Å². The molecule has 1 unspecified atom stereocenters. The van der Waals surface area contributed by atoms with Gasteiger partial charge in [0, 0.05) is 24.0 Å². The number of nitrogens with one attached hydrogen (secondary N) is 1. The summed E-state index contributed by atoms with van der Waals surface area (Å²) in [5.74, 6) is 0. The Balaban J connectivity index is 2.12. The Labute approximate surface area is 127 Å². The fourth-order valence-electron chi connectivity index (χ4n) is 3.19. The van der Waals surface area contributed by atoms with Crippen LogP contribution >= 0.6 is 11.6 Å². The summed E-state index contributed by atoms with van der Waals surface area (Å²) in [4.78, 5) is 6.69. The van der Waals surface area contributed by atoms with Crippen LogP contribution in [0.1, 0.15) is 38.7 Å². The largest absolute Gasteiger partial charge is 0.315 e. The average Bonchev–Trinajstić information content (AvgIpc) is 2.47. The van der Waals surface area contributed by atoms with E-state index in [2.05, 4.69) is 29.0 Å². The summed E-state index contributed by atoms with van der Waals surface area (Å²) < 4.78 is 0. The highest BCUT2D eigenvalue weighted by Gasteiger charge is 2.35. The Morgan fingerprint density at radius 2 is 2.05 bits per heavy atom. The Morgan fingerprint density at radius 1 is 1.35 bits per heavy atom. The molecular formula is C16H26ClN3. The van der Waals surface area contributed by atoms with Crippen LogP contribution in [0.2, 0.25) is 5.02 Å². The molecule has 0 amide bonds. The van der Waals surface area contributed by atoms with Crippen LogP contribution in [0.4, 0.5) is 0 Å². The second-order valence-corrected chi connectivity index (χ2v) is 6.62. The van der Waals surface area contributed by atoms with Crippen molar-refractivity contribution in [2.24, 2.45) is 0 Å². The van der Waals surface area contributed by atoms with Crippen LogP contribution in [0, 0.1) is 0 Å². The highest BCUT2D eigenvalue weighted by atomic mass is 35.5. The first kappa shape index (κ1) is 15.7. The average molecular weight is 296 g/mol. The van der Waals surface area contributed by atoms with Crippen LogP contribution in [0.25, 0.3) is 0 Å². The molecule has 1 N–H and O–H groups in total. The molecule has 0 aromatic carbocycles. The number of hydrogen-bond donors (Lipinski definition) is 1. The minimum absolute atomic E-state index is 0.127. The quantitative estimate of drug-likeness (QED) is 0.904. The summed E-state index contributed by atoms with van der Waals surface area (Å²) in [5, 5.41) is 4.26. The molecule has 2 rings (SSSR count). The van der Waals surface area contributed by atoms with Crippen molar-refractivity contribution in [1.82, 2.24) is 15.2 Å². The second-order valence-electron chi connectivity index (χ2n) is 6.21. The zero-order chi connectivity index (χ0) is 14.6. The SMILES string of the molecule is CNC(Cc1ccncc1Cl)C(C)(C)N1CCCCC1. The van der Waals surface area contributed by atoms with E-state index in [1.165, 1.54) is 37.9 Å². The molecule has 3 nitrogen and oxygen atoms in total. The van der Waals surface area contributed by atoms with E-state index >= 15 is 0 Å². The maximum absolute atomic E-state index is 6.26. The third-order valence-electron chi connectivity index (χ3n) is 4.65. The highest BCUT2D eigenvalue weighted by Crippen LogP contribution is 2.27. The van der Waals surface area contributed by atoms with Crippen molar-refractivity contribution in [3.63, 3.8) is 0 Å². The lowest BCUT2D eigenvalue weighted by atomic mass is 9.86. The van der Waals surface area contributed by atoms with Gasteiger partial charge in [-0.15, -0.1) is 0 Å². The van der Waals surface area contributed by atoms with Crippen LogP contribution in [-0.4, -0.2) is 41.6 Å². The predicted octanol–water partition coefficient (Wildman–Crippen LogP) is 3.13. The fraction of sp³-hybridized carbons (Fsp3) is 0.688. The molecule has 0 bridgehead atoms. The van der Waals surface area contributed by atoms with Crippen molar-refractivity contribution in [1.29, 1.82) is 0 Å². The van der Waals surface area contributed by atoms with E-state index in [1.807, 2.05) is 19.3 Å². The van der Waals surface area contributed by atoms with E-state index in [1.54, 1.807) is 6.20 Å². The molecule has 1 aromatic rings. The van der Waals surface area contributed by atoms with Crippen LogP contribution in [0.3, 0.4) is 0 Å². The van der Waals surface area contributed by atoms with Crippen molar-refractivity contribution >= 4 is 11.6 Å². The van der Waals surface area contributed by atoms with Gasteiger partial charge in [0.1, 0.15) is 0 Å². The number of likely N-dealkylation sites (N-methyl/N-ethyl adjacent to an activating group) is 1. The molecule has 1 aliphatic rings. The maximum atomic E-state index is 6.26. The van der Waals surface area contributed by atoms with E-state index in [0.717, 1.165) is 11.4 Å².